The van der Waals surface area contributed by atoms with Crippen LogP contribution in [-0.2, 0) is 24.4 Å². The third kappa shape index (κ3) is 4.48. The largest absolute Gasteiger partial charge is 0.477 e. The van der Waals surface area contributed by atoms with E-state index in [4.69, 9.17) is 5.14 Å². The summed E-state index contributed by atoms with van der Waals surface area (Å²) in [4.78, 5) is 37.0. The lowest BCUT2D eigenvalue weighted by molar-refractivity contribution is -0.150. The summed E-state index contributed by atoms with van der Waals surface area (Å²) in [6, 6.07) is -0.992. The number of carbonyl (C=O) groups is 3. The molecule has 1 saturated heterocycles. The average Bonchev–Trinajstić information content (AvgIpc) is 3.00. The maximum atomic E-state index is 12.4. The maximum absolute atomic E-state index is 12.4. The van der Waals surface area contributed by atoms with Crippen LogP contribution in [0.2, 0.25) is 0 Å². The second kappa shape index (κ2) is 7.98. The molecule has 2 aliphatic rings. The number of hydrogen-bond acceptors (Lipinski definition) is 10. The Balaban J connectivity index is 1.72. The molecule has 2 atom stereocenters. The van der Waals surface area contributed by atoms with Gasteiger partial charge in [-0.05, 0) is 12.5 Å². The Morgan fingerprint density at radius 1 is 1.43 bits per heavy atom. The van der Waals surface area contributed by atoms with Crippen molar-refractivity contribution in [3.8, 4) is 0 Å². The first-order valence-electron chi connectivity index (χ1n) is 7.69. The Hall–Kier alpha value is -1.68. The molecular formula is C13H15N5O6S4. The van der Waals surface area contributed by atoms with E-state index in [2.05, 4.69) is 15.5 Å². The predicted octanol–water partition coefficient (Wildman–Crippen LogP) is -1.03. The number of rotatable bonds is 7. The van der Waals surface area contributed by atoms with Crippen molar-refractivity contribution in [2.75, 3.05) is 17.3 Å². The van der Waals surface area contributed by atoms with Gasteiger partial charge in [-0.2, -0.15) is 0 Å². The van der Waals surface area contributed by atoms with E-state index in [-0.39, 0.29) is 5.70 Å². The zero-order valence-electron chi connectivity index (χ0n) is 14.3. The van der Waals surface area contributed by atoms with Crippen LogP contribution in [0.4, 0.5) is 0 Å². The van der Waals surface area contributed by atoms with Crippen LogP contribution in [-0.4, -0.2) is 75.1 Å². The lowest BCUT2D eigenvalue weighted by Gasteiger charge is -2.49. The third-order valence-corrected chi connectivity index (χ3v) is 7.84. The minimum Gasteiger partial charge on any atom is -0.477 e. The van der Waals surface area contributed by atoms with Crippen LogP contribution in [0.3, 0.4) is 0 Å². The standard InChI is InChI=1S/C13H15N5O6S4/c1-5-16-17-13(27-5)26-3-6-2-25-11-8(15-7(19)4-28(14,23)24)10(20)18(11)9(6)12(21)22/h8,11H,2-4H2,1H3,(H,15,19)(H,21,22)(H2,14,23,24)/t8?,11-/m1/s1. The molecule has 3 rings (SSSR count). The highest BCUT2D eigenvalue weighted by molar-refractivity contribution is 8.01. The van der Waals surface area contributed by atoms with E-state index in [1.54, 1.807) is 0 Å². The van der Waals surface area contributed by atoms with Gasteiger partial charge in [0.2, 0.25) is 15.9 Å². The molecule has 3 heterocycles. The van der Waals surface area contributed by atoms with Gasteiger partial charge in [0.05, 0.1) is 0 Å². The Kier molecular flexibility index (Phi) is 6.00. The second-order valence-corrected chi connectivity index (χ2v) is 11.0. The lowest BCUT2D eigenvalue weighted by Crippen LogP contribution is -2.71. The molecule has 0 aliphatic carbocycles. The summed E-state index contributed by atoms with van der Waals surface area (Å²) in [5.74, 6) is -3.01. The Morgan fingerprint density at radius 2 is 2.14 bits per heavy atom. The van der Waals surface area contributed by atoms with E-state index in [9.17, 15) is 27.9 Å². The molecule has 1 fully saturated rings. The van der Waals surface area contributed by atoms with Crippen molar-refractivity contribution in [1.29, 1.82) is 0 Å². The Morgan fingerprint density at radius 3 is 2.71 bits per heavy atom. The molecule has 15 heteroatoms. The Labute approximate surface area is 172 Å². The average molecular weight is 466 g/mol. The van der Waals surface area contributed by atoms with Gasteiger partial charge in [-0.15, -0.1) is 22.0 Å². The summed E-state index contributed by atoms with van der Waals surface area (Å²) in [7, 11) is -4.02. The molecule has 2 amide bonds. The highest BCUT2D eigenvalue weighted by Gasteiger charge is 2.54. The number of hydrogen-bond donors (Lipinski definition) is 3. The molecule has 28 heavy (non-hydrogen) atoms. The number of nitrogens with zero attached hydrogens (tertiary/aromatic N) is 3. The number of nitrogens with two attached hydrogens (primary N) is 1. The lowest BCUT2D eigenvalue weighted by atomic mass is 10.0. The summed E-state index contributed by atoms with van der Waals surface area (Å²) in [6.07, 6.45) is 0. The van der Waals surface area contributed by atoms with Crippen molar-refractivity contribution in [1.82, 2.24) is 20.4 Å². The summed E-state index contributed by atoms with van der Waals surface area (Å²) in [5, 5.41) is 24.8. The van der Waals surface area contributed by atoms with E-state index < -0.39 is 45.0 Å². The molecule has 1 aromatic heterocycles. The number of thioether (sulfide) groups is 2. The number of amides is 2. The van der Waals surface area contributed by atoms with E-state index in [1.165, 1.54) is 34.9 Å². The summed E-state index contributed by atoms with van der Waals surface area (Å²) >= 11 is 4.02. The number of aliphatic carboxylic acids is 1. The monoisotopic (exact) mass is 465 g/mol. The van der Waals surface area contributed by atoms with Crippen LogP contribution in [0.1, 0.15) is 5.01 Å². The first-order chi connectivity index (χ1) is 13.1. The molecule has 2 aliphatic heterocycles. The highest BCUT2D eigenvalue weighted by atomic mass is 32.2. The first-order valence-corrected chi connectivity index (χ1v) is 12.3. The summed E-state index contributed by atoms with van der Waals surface area (Å²) in [5.41, 5.74) is 0.452. The third-order valence-electron chi connectivity index (χ3n) is 3.78. The van der Waals surface area contributed by atoms with Crippen molar-refractivity contribution < 1.29 is 27.9 Å². The minimum absolute atomic E-state index is 0.112. The fraction of sp³-hybridized carbons (Fsp3) is 0.462. The molecule has 0 bridgehead atoms. The number of primary sulfonamides is 1. The van der Waals surface area contributed by atoms with Crippen LogP contribution in [0.25, 0.3) is 0 Å². The number of carboxylic acid groups (broad SMARTS) is 1. The van der Waals surface area contributed by atoms with Crippen molar-refractivity contribution in [2.24, 2.45) is 5.14 Å². The molecule has 0 saturated carbocycles. The second-order valence-electron chi connectivity index (χ2n) is 5.90. The van der Waals surface area contributed by atoms with Crippen LogP contribution < -0.4 is 10.5 Å². The molecule has 0 aromatic carbocycles. The number of carbonyl (C=O) groups excluding carboxylic acids is 2. The molecule has 0 spiro atoms. The number of aryl methyl sites for hydroxylation is 1. The summed E-state index contributed by atoms with van der Waals surface area (Å²) < 4.78 is 22.7. The summed E-state index contributed by atoms with van der Waals surface area (Å²) in [6.45, 7) is 1.81. The van der Waals surface area contributed by atoms with Crippen LogP contribution >= 0.6 is 34.9 Å². The van der Waals surface area contributed by atoms with Crippen LogP contribution in [0.5, 0.6) is 0 Å². The topological polar surface area (TPSA) is 173 Å². The normalized spacial score (nSPS) is 21.9. The van der Waals surface area contributed by atoms with Crippen molar-refractivity contribution in [3.05, 3.63) is 16.3 Å². The maximum Gasteiger partial charge on any atom is 0.352 e. The van der Waals surface area contributed by atoms with Gasteiger partial charge in [0.1, 0.15) is 27.9 Å². The molecule has 1 unspecified atom stereocenters. The van der Waals surface area contributed by atoms with E-state index in [0.29, 0.717) is 21.4 Å². The predicted molar refractivity (Wildman–Crippen MR) is 103 cm³/mol. The number of fused-ring (bicyclic) bond motifs is 1. The fourth-order valence-electron chi connectivity index (χ4n) is 2.68. The van der Waals surface area contributed by atoms with Gasteiger partial charge in [0, 0.05) is 11.5 Å². The molecule has 1 aromatic rings. The van der Waals surface area contributed by atoms with Gasteiger partial charge in [0.25, 0.3) is 5.91 Å². The van der Waals surface area contributed by atoms with E-state index >= 15 is 0 Å². The smallest absolute Gasteiger partial charge is 0.352 e. The van der Waals surface area contributed by atoms with Crippen molar-refractivity contribution in [2.45, 2.75) is 22.7 Å². The Bertz CT molecular complexity index is 974. The van der Waals surface area contributed by atoms with Gasteiger partial charge >= 0.3 is 5.97 Å². The molecule has 152 valence electrons. The first kappa shape index (κ1) is 21.0. The van der Waals surface area contributed by atoms with Gasteiger partial charge in [-0.3, -0.25) is 14.5 Å². The minimum atomic E-state index is -4.02. The quantitative estimate of drug-likeness (QED) is 0.334. The number of carboxylic acids is 1. The fourth-order valence-corrected chi connectivity index (χ4v) is 6.43. The van der Waals surface area contributed by atoms with Crippen LogP contribution in [0, 0.1) is 6.92 Å². The van der Waals surface area contributed by atoms with Crippen molar-refractivity contribution in [3.63, 3.8) is 0 Å². The zero-order valence-corrected chi connectivity index (χ0v) is 17.6. The van der Waals surface area contributed by atoms with Gasteiger partial charge in [-0.1, -0.05) is 23.1 Å². The number of β-lactam (4-membered cyclic amide) rings is 1. The molecular weight excluding hydrogens is 450 g/mol. The number of aromatic nitrogens is 2. The van der Waals surface area contributed by atoms with Crippen LogP contribution in [0.15, 0.2) is 15.6 Å². The van der Waals surface area contributed by atoms with Crippen molar-refractivity contribution >= 4 is 62.7 Å². The number of sulfonamides is 1. The van der Waals surface area contributed by atoms with E-state index in [0.717, 1.165) is 9.91 Å². The number of nitrogens with one attached hydrogen (secondary N) is 1. The van der Waals surface area contributed by atoms with Gasteiger partial charge in [-0.25, -0.2) is 18.4 Å². The van der Waals surface area contributed by atoms with E-state index in [1.807, 2.05) is 6.92 Å². The zero-order chi connectivity index (χ0) is 20.6. The molecule has 4 N–H and O–H groups in total. The SMILES string of the molecule is Cc1nnc(SCC2=C(C(=O)O)N3C(=O)C(NC(=O)CS(N)(=O)=O)[C@H]3SC2)s1. The molecule has 11 nitrogen and oxygen atoms in total. The van der Waals surface area contributed by atoms with Gasteiger partial charge < -0.3 is 10.4 Å². The highest BCUT2D eigenvalue weighted by Crippen LogP contribution is 2.41. The molecule has 0 radical (unpaired) electrons. The van der Waals surface area contributed by atoms with Gasteiger partial charge in [0.15, 0.2) is 4.34 Å².